The molecule has 0 saturated carbocycles. The first-order valence-electron chi connectivity index (χ1n) is 6.30. The second kappa shape index (κ2) is 7.19. The summed E-state index contributed by atoms with van der Waals surface area (Å²) in [6.07, 6.45) is 0. The molecule has 0 amide bonds. The Morgan fingerprint density at radius 1 is 0.750 bits per heavy atom. The minimum Gasteiger partial charge on any atom is -0.508 e. The Morgan fingerprint density at radius 2 is 1.30 bits per heavy atom. The minimum atomic E-state index is 0.292. The lowest BCUT2D eigenvalue weighted by Crippen LogP contribution is -1.74. The normalized spacial score (nSPS) is 9.30. The van der Waals surface area contributed by atoms with Gasteiger partial charge in [0.1, 0.15) is 11.5 Å². The Labute approximate surface area is 120 Å². The predicted octanol–water partition coefficient (Wildman–Crippen LogP) is 4.85. The van der Waals surface area contributed by atoms with E-state index >= 15 is 0 Å². The second-order valence-corrected chi connectivity index (χ2v) is 4.66. The summed E-state index contributed by atoms with van der Waals surface area (Å²) in [4.78, 5) is 0. The molecule has 2 rings (SSSR count). The van der Waals surface area contributed by atoms with Gasteiger partial charge in [-0.25, -0.2) is 0 Å². The van der Waals surface area contributed by atoms with Crippen LogP contribution in [0.4, 0.5) is 0 Å². The van der Waals surface area contributed by atoms with Gasteiger partial charge in [0.05, 0.1) is 0 Å². The van der Waals surface area contributed by atoms with Crippen molar-refractivity contribution in [3.63, 3.8) is 0 Å². The molecule has 0 aliphatic carbocycles. The van der Waals surface area contributed by atoms with Crippen molar-refractivity contribution in [1.29, 1.82) is 0 Å². The zero-order valence-corrected chi connectivity index (χ0v) is 11.9. The molecule has 0 unspecified atom stereocenters. The highest BCUT2D eigenvalue weighted by molar-refractivity contribution is 5.62. The van der Waals surface area contributed by atoms with Gasteiger partial charge in [0.2, 0.25) is 0 Å². The van der Waals surface area contributed by atoms with Crippen molar-refractivity contribution < 1.29 is 10.2 Å². The van der Waals surface area contributed by atoms with E-state index in [1.54, 1.807) is 30.3 Å². The van der Waals surface area contributed by atoms with Gasteiger partial charge in [0, 0.05) is 0 Å². The third-order valence-corrected chi connectivity index (χ3v) is 2.70. The van der Waals surface area contributed by atoms with Crippen LogP contribution in [0.1, 0.15) is 25.0 Å². The molecule has 0 fully saturated rings. The first-order valence-corrected chi connectivity index (χ1v) is 6.30. The first-order chi connectivity index (χ1) is 9.40. The van der Waals surface area contributed by atoms with Gasteiger partial charge in [-0.3, -0.25) is 0 Å². The van der Waals surface area contributed by atoms with Crippen molar-refractivity contribution >= 4 is 11.1 Å². The smallest absolute Gasteiger partial charge is 0.116 e. The van der Waals surface area contributed by atoms with Crippen molar-refractivity contribution in [3.8, 4) is 11.5 Å². The van der Waals surface area contributed by atoms with E-state index in [0.717, 1.165) is 22.3 Å². The maximum Gasteiger partial charge on any atom is 0.116 e. The molecule has 104 valence electrons. The highest BCUT2D eigenvalue weighted by Crippen LogP contribution is 2.16. The summed E-state index contributed by atoms with van der Waals surface area (Å²) < 4.78 is 0. The summed E-state index contributed by atoms with van der Waals surface area (Å²) in [5.41, 5.74) is 4.04. The Bertz CT molecular complexity index is 595. The van der Waals surface area contributed by atoms with Crippen molar-refractivity contribution in [3.05, 3.63) is 72.8 Å². The number of benzene rings is 2. The van der Waals surface area contributed by atoms with Gasteiger partial charge in [-0.05, 0) is 49.2 Å². The highest BCUT2D eigenvalue weighted by Gasteiger charge is 1.92. The molecule has 2 N–H and O–H groups in total. The molecule has 0 atom stereocenters. The van der Waals surface area contributed by atoms with Crippen LogP contribution >= 0.6 is 0 Å². The fourth-order valence-corrected chi connectivity index (χ4v) is 1.52. The first kappa shape index (κ1) is 15.6. The van der Waals surface area contributed by atoms with E-state index in [4.69, 9.17) is 10.2 Å². The molecule has 2 heteroatoms. The molecule has 0 aliphatic heterocycles. The van der Waals surface area contributed by atoms with E-state index < -0.39 is 0 Å². The summed E-state index contributed by atoms with van der Waals surface area (Å²) in [5, 5.41) is 17.9. The lowest BCUT2D eigenvalue weighted by atomic mass is 10.1. The van der Waals surface area contributed by atoms with Crippen molar-refractivity contribution in [2.75, 3.05) is 0 Å². The van der Waals surface area contributed by atoms with Crippen LogP contribution in [0.2, 0.25) is 0 Å². The topological polar surface area (TPSA) is 40.5 Å². The van der Waals surface area contributed by atoms with Crippen LogP contribution in [0.3, 0.4) is 0 Å². The van der Waals surface area contributed by atoms with Crippen molar-refractivity contribution in [1.82, 2.24) is 0 Å². The molecule has 2 aromatic rings. The third-order valence-electron chi connectivity index (χ3n) is 2.70. The third kappa shape index (κ3) is 5.02. The molecule has 2 aromatic carbocycles. The molecular weight excluding hydrogens is 248 g/mol. The molecule has 20 heavy (non-hydrogen) atoms. The van der Waals surface area contributed by atoms with E-state index in [-0.39, 0.29) is 0 Å². The lowest BCUT2D eigenvalue weighted by Gasteiger charge is -1.98. The summed E-state index contributed by atoms with van der Waals surface area (Å²) in [7, 11) is 0. The Morgan fingerprint density at radius 3 is 1.70 bits per heavy atom. The minimum absolute atomic E-state index is 0.292. The average molecular weight is 268 g/mol. The maximum atomic E-state index is 9.02. The molecule has 0 saturated heterocycles. The Balaban J connectivity index is 0.000000200. The van der Waals surface area contributed by atoms with Crippen LogP contribution < -0.4 is 0 Å². The molecule has 0 bridgehead atoms. The van der Waals surface area contributed by atoms with E-state index in [2.05, 4.69) is 13.2 Å². The van der Waals surface area contributed by atoms with Gasteiger partial charge in [-0.15, -0.1) is 0 Å². The van der Waals surface area contributed by atoms with Crippen LogP contribution in [0.25, 0.3) is 11.1 Å². The zero-order valence-electron chi connectivity index (χ0n) is 11.9. The van der Waals surface area contributed by atoms with Gasteiger partial charge in [0.15, 0.2) is 0 Å². The van der Waals surface area contributed by atoms with Crippen LogP contribution in [-0.2, 0) is 0 Å². The molecule has 0 spiro atoms. The van der Waals surface area contributed by atoms with Crippen LogP contribution in [0.15, 0.2) is 61.7 Å². The Kier molecular flexibility index (Phi) is 5.60. The number of rotatable bonds is 2. The number of hydrogen-bond acceptors (Lipinski definition) is 2. The van der Waals surface area contributed by atoms with Crippen LogP contribution in [0, 0.1) is 0 Å². The summed E-state index contributed by atoms with van der Waals surface area (Å²) in [6.45, 7) is 11.4. The second-order valence-electron chi connectivity index (χ2n) is 4.66. The van der Waals surface area contributed by atoms with Crippen LogP contribution in [0.5, 0.6) is 11.5 Å². The number of phenols is 2. The summed E-state index contributed by atoms with van der Waals surface area (Å²) in [6, 6.07) is 14.1. The number of phenolic OH excluding ortho intramolecular Hbond substituents is 2. The average Bonchev–Trinajstić information content (AvgIpc) is 2.40. The van der Waals surface area contributed by atoms with E-state index in [1.165, 1.54) is 0 Å². The maximum absolute atomic E-state index is 9.02. The quantitative estimate of drug-likeness (QED) is 0.817. The lowest BCUT2D eigenvalue weighted by molar-refractivity contribution is 0.474. The van der Waals surface area contributed by atoms with Gasteiger partial charge < -0.3 is 10.2 Å². The van der Waals surface area contributed by atoms with Crippen molar-refractivity contribution in [2.45, 2.75) is 13.8 Å². The van der Waals surface area contributed by atoms with Gasteiger partial charge in [-0.1, -0.05) is 48.6 Å². The van der Waals surface area contributed by atoms with Crippen molar-refractivity contribution in [2.24, 2.45) is 0 Å². The van der Waals surface area contributed by atoms with Crippen LogP contribution in [-0.4, -0.2) is 10.2 Å². The summed E-state index contributed by atoms with van der Waals surface area (Å²) >= 11 is 0. The highest BCUT2D eigenvalue weighted by atomic mass is 16.3. The molecule has 0 aromatic heterocycles. The number of allylic oxidation sites excluding steroid dienone is 2. The standard InChI is InChI=1S/2C9H10O/c1-7(2)8-3-5-9(10)6-4-8;1-7(2)8-4-3-5-9(10)6-8/h2*3-6,10H,1H2,2H3. The van der Waals surface area contributed by atoms with E-state index in [9.17, 15) is 0 Å². The largest absolute Gasteiger partial charge is 0.508 e. The zero-order chi connectivity index (χ0) is 15.1. The predicted molar refractivity (Wildman–Crippen MR) is 85.6 cm³/mol. The molecule has 0 heterocycles. The number of aromatic hydroxyl groups is 2. The fraction of sp³-hybridized carbons (Fsp3) is 0.111. The fourth-order valence-electron chi connectivity index (χ4n) is 1.52. The van der Waals surface area contributed by atoms with E-state index in [0.29, 0.717) is 11.5 Å². The SMILES string of the molecule is C=C(C)c1ccc(O)cc1.C=C(C)c1cccc(O)c1. The Hall–Kier alpha value is -2.48. The molecule has 0 radical (unpaired) electrons. The van der Waals surface area contributed by atoms with Gasteiger partial charge in [0.25, 0.3) is 0 Å². The molecule has 0 aliphatic rings. The molecule has 2 nitrogen and oxygen atoms in total. The summed E-state index contributed by atoms with van der Waals surface area (Å²) in [5.74, 6) is 0.588. The van der Waals surface area contributed by atoms with Gasteiger partial charge in [-0.2, -0.15) is 0 Å². The van der Waals surface area contributed by atoms with E-state index in [1.807, 2.05) is 32.0 Å². The molecular formula is C18H20O2. The monoisotopic (exact) mass is 268 g/mol. The van der Waals surface area contributed by atoms with Gasteiger partial charge >= 0.3 is 0 Å². The number of hydrogen-bond donors (Lipinski definition) is 2.